The first-order valence-corrected chi connectivity index (χ1v) is 5.06. The van der Waals surface area contributed by atoms with Crippen molar-refractivity contribution < 1.29 is 8.76 Å². The maximum Gasteiger partial charge on any atom is 0.187 e. The van der Waals surface area contributed by atoms with E-state index in [1.807, 2.05) is 0 Å². The van der Waals surface area contributed by atoms with Crippen LogP contribution in [-0.4, -0.2) is 8.76 Å². The Bertz CT molecular complexity index is 479. The summed E-state index contributed by atoms with van der Waals surface area (Å²) in [5.74, 6) is 0. The fourth-order valence-electron chi connectivity index (χ4n) is 1.15. The molecule has 0 bridgehead atoms. The van der Waals surface area contributed by atoms with E-state index in [-0.39, 0.29) is 0 Å². The third-order valence-corrected chi connectivity index (χ3v) is 2.48. The van der Waals surface area contributed by atoms with Crippen LogP contribution in [0.1, 0.15) is 0 Å². The third-order valence-electron chi connectivity index (χ3n) is 1.75. The molecule has 1 aromatic rings. The first-order chi connectivity index (χ1) is 6.70. The topological polar surface area (TPSA) is 63.3 Å². The van der Waals surface area contributed by atoms with Crippen LogP contribution in [0.4, 0.5) is 0 Å². The summed E-state index contributed by atoms with van der Waals surface area (Å²) in [7, 11) is 0. The monoisotopic (exact) mass is 209 g/mol. The van der Waals surface area contributed by atoms with Crippen LogP contribution in [0, 0.1) is 0 Å². The maximum atomic E-state index is 11.0. The van der Waals surface area contributed by atoms with E-state index in [2.05, 4.69) is 6.58 Å². The van der Waals surface area contributed by atoms with E-state index in [1.54, 1.807) is 30.4 Å². The molecule has 1 atom stereocenters. The summed E-state index contributed by atoms with van der Waals surface area (Å²) in [6, 6.07) is 5.03. The second-order valence-corrected chi connectivity index (χ2v) is 3.52. The van der Waals surface area contributed by atoms with Crippen molar-refractivity contribution >= 4 is 23.4 Å². The van der Waals surface area contributed by atoms with Gasteiger partial charge in [-0.2, -0.15) is 0 Å². The molecular formula is C10H11NO2S. The second-order valence-electron chi connectivity index (χ2n) is 2.58. The molecule has 1 unspecified atom stereocenters. The molecule has 14 heavy (non-hydrogen) atoms. The van der Waals surface area contributed by atoms with Crippen molar-refractivity contribution in [3.05, 3.63) is 41.3 Å². The first kappa shape index (κ1) is 10.7. The van der Waals surface area contributed by atoms with Crippen LogP contribution in [0.15, 0.2) is 35.7 Å². The smallest absolute Gasteiger partial charge is 0.187 e. The summed E-state index contributed by atoms with van der Waals surface area (Å²) in [5, 5.41) is 1.34. The van der Waals surface area contributed by atoms with Crippen LogP contribution in [-0.2, 0) is 11.1 Å². The number of allylic oxidation sites excluding steroid dienone is 1. The van der Waals surface area contributed by atoms with Crippen LogP contribution in [0.5, 0.6) is 0 Å². The molecule has 3 nitrogen and oxygen atoms in total. The predicted molar refractivity (Wildman–Crippen MR) is 58.0 cm³/mol. The van der Waals surface area contributed by atoms with Gasteiger partial charge >= 0.3 is 0 Å². The molecule has 0 saturated heterocycles. The molecule has 1 rings (SSSR count). The summed E-state index contributed by atoms with van der Waals surface area (Å²) in [4.78, 5) is 0.337. The lowest BCUT2D eigenvalue weighted by molar-refractivity contribution is 0.563. The lowest BCUT2D eigenvalue weighted by Crippen LogP contribution is -2.29. The Labute approximate surface area is 84.5 Å². The summed E-state index contributed by atoms with van der Waals surface area (Å²) in [6.07, 6.45) is 4.60. The van der Waals surface area contributed by atoms with Gasteiger partial charge in [0.05, 0.1) is 4.90 Å². The second kappa shape index (κ2) is 4.74. The van der Waals surface area contributed by atoms with E-state index in [1.165, 1.54) is 6.20 Å². The van der Waals surface area contributed by atoms with Crippen LogP contribution in [0.3, 0.4) is 0 Å². The van der Waals surface area contributed by atoms with E-state index >= 15 is 0 Å². The van der Waals surface area contributed by atoms with Crippen LogP contribution in [0.2, 0.25) is 0 Å². The molecule has 3 N–H and O–H groups in total. The third kappa shape index (κ3) is 2.10. The van der Waals surface area contributed by atoms with E-state index in [4.69, 9.17) is 10.3 Å². The van der Waals surface area contributed by atoms with Crippen molar-refractivity contribution in [2.24, 2.45) is 5.73 Å². The highest BCUT2D eigenvalue weighted by Crippen LogP contribution is 1.93. The van der Waals surface area contributed by atoms with Gasteiger partial charge in [-0.15, -0.1) is 0 Å². The fourth-order valence-corrected chi connectivity index (χ4v) is 1.72. The maximum absolute atomic E-state index is 11.0. The molecule has 0 aliphatic heterocycles. The van der Waals surface area contributed by atoms with Crippen LogP contribution in [0.25, 0.3) is 12.3 Å². The van der Waals surface area contributed by atoms with Gasteiger partial charge in [0, 0.05) is 11.4 Å². The predicted octanol–water partition coefficient (Wildman–Crippen LogP) is -0.0696. The van der Waals surface area contributed by atoms with Crippen molar-refractivity contribution in [2.75, 3.05) is 0 Å². The number of hydrogen-bond acceptors (Lipinski definition) is 2. The van der Waals surface area contributed by atoms with Crippen molar-refractivity contribution in [3.8, 4) is 0 Å². The Hall–Kier alpha value is -1.39. The van der Waals surface area contributed by atoms with Crippen LogP contribution < -0.4 is 16.2 Å². The Balaban J connectivity index is 3.70. The van der Waals surface area contributed by atoms with E-state index < -0.39 is 11.1 Å². The Morgan fingerprint density at radius 2 is 2.21 bits per heavy atom. The van der Waals surface area contributed by atoms with Crippen LogP contribution >= 0.6 is 0 Å². The van der Waals surface area contributed by atoms with Gasteiger partial charge < -0.3 is 10.3 Å². The summed E-state index contributed by atoms with van der Waals surface area (Å²) in [6.45, 7) is 3.54. The first-order valence-electron chi connectivity index (χ1n) is 3.95. The zero-order chi connectivity index (χ0) is 10.6. The highest BCUT2D eigenvalue weighted by atomic mass is 32.2. The SMILES string of the molecule is C=C/C=c1/c(S(=O)O)ccc/c1=C/N. The zero-order valence-electron chi connectivity index (χ0n) is 7.51. The van der Waals surface area contributed by atoms with Gasteiger partial charge in [0.25, 0.3) is 0 Å². The molecule has 0 heterocycles. The normalized spacial score (nSPS) is 15.5. The highest BCUT2D eigenvalue weighted by Gasteiger charge is 2.01. The molecule has 0 aliphatic rings. The fraction of sp³-hybridized carbons (Fsp3) is 0. The van der Waals surface area contributed by atoms with E-state index in [0.717, 1.165) is 0 Å². The van der Waals surface area contributed by atoms with Gasteiger partial charge in [-0.25, -0.2) is 4.21 Å². The lowest BCUT2D eigenvalue weighted by Gasteiger charge is -1.96. The van der Waals surface area contributed by atoms with Gasteiger partial charge in [-0.05, 0) is 11.3 Å². The van der Waals surface area contributed by atoms with Gasteiger partial charge in [0.15, 0.2) is 11.1 Å². The van der Waals surface area contributed by atoms with Crippen molar-refractivity contribution in [2.45, 2.75) is 4.90 Å². The lowest BCUT2D eigenvalue weighted by atomic mass is 10.2. The summed E-state index contributed by atoms with van der Waals surface area (Å²) < 4.78 is 20.0. The molecule has 0 amide bonds. The molecule has 0 spiro atoms. The van der Waals surface area contributed by atoms with Crippen molar-refractivity contribution in [1.29, 1.82) is 0 Å². The van der Waals surface area contributed by atoms with E-state index in [0.29, 0.717) is 15.3 Å². The quantitative estimate of drug-likeness (QED) is 0.670. The average Bonchev–Trinajstić information content (AvgIpc) is 2.18. The van der Waals surface area contributed by atoms with Gasteiger partial charge in [-0.3, -0.25) is 0 Å². The minimum absolute atomic E-state index is 0.337. The van der Waals surface area contributed by atoms with Crippen molar-refractivity contribution in [3.63, 3.8) is 0 Å². The molecule has 0 fully saturated rings. The van der Waals surface area contributed by atoms with Crippen molar-refractivity contribution in [1.82, 2.24) is 0 Å². The number of hydrogen-bond donors (Lipinski definition) is 2. The standard InChI is InChI=1S/C10H11NO2S/c1-2-4-9-8(7-11)5-3-6-10(9)14(12)13/h2-7H,1,11H2,(H,12,13)/b8-7-,9-4+. The highest BCUT2D eigenvalue weighted by molar-refractivity contribution is 7.79. The largest absolute Gasteiger partial charge is 0.404 e. The molecule has 74 valence electrons. The van der Waals surface area contributed by atoms with Gasteiger partial charge in [0.2, 0.25) is 0 Å². The summed E-state index contributed by atoms with van der Waals surface area (Å²) in [5.41, 5.74) is 5.39. The molecule has 0 aliphatic carbocycles. The molecule has 0 aromatic heterocycles. The van der Waals surface area contributed by atoms with Gasteiger partial charge in [-0.1, -0.05) is 30.9 Å². The van der Waals surface area contributed by atoms with Gasteiger partial charge in [0.1, 0.15) is 0 Å². The minimum atomic E-state index is -2.01. The summed E-state index contributed by atoms with van der Waals surface area (Å²) >= 11 is -2.01. The molecule has 4 heteroatoms. The average molecular weight is 209 g/mol. The molecule has 0 saturated carbocycles. The molecular weight excluding hydrogens is 198 g/mol. The Morgan fingerprint density at radius 3 is 2.71 bits per heavy atom. The van der Waals surface area contributed by atoms with E-state index in [9.17, 15) is 4.21 Å². The zero-order valence-corrected chi connectivity index (χ0v) is 8.33. The Morgan fingerprint density at radius 1 is 1.50 bits per heavy atom. The molecule has 0 radical (unpaired) electrons. The number of rotatable bonds is 2. The Kier molecular flexibility index (Phi) is 3.62. The number of benzene rings is 1. The number of nitrogens with two attached hydrogens (primary N) is 1. The minimum Gasteiger partial charge on any atom is -0.404 e. The molecule has 1 aromatic carbocycles.